The fraction of sp³-hybridized carbons (Fsp3) is 0.0588. The summed E-state index contributed by atoms with van der Waals surface area (Å²) < 4.78 is 13.1. The number of halogens is 1. The number of oxime groups is 1. The quantitative estimate of drug-likeness (QED) is 0.387. The number of rotatable bonds is 2. The van der Waals surface area contributed by atoms with E-state index in [1.54, 1.807) is 18.2 Å². The molecule has 23 heavy (non-hydrogen) atoms. The van der Waals surface area contributed by atoms with E-state index in [9.17, 15) is 9.18 Å². The molecule has 3 N–H and O–H groups in total. The summed E-state index contributed by atoms with van der Waals surface area (Å²) in [7, 11) is 0. The minimum absolute atomic E-state index is 0.105. The van der Waals surface area contributed by atoms with Gasteiger partial charge in [-0.1, -0.05) is 35.5 Å². The highest BCUT2D eigenvalue weighted by Gasteiger charge is 2.31. The Labute approximate surface area is 132 Å². The Hall–Kier alpha value is -3.15. The van der Waals surface area contributed by atoms with Crippen LogP contribution in [0.1, 0.15) is 15.9 Å². The summed E-state index contributed by atoms with van der Waals surface area (Å²) in [4.78, 5) is 14.3. The number of fused-ring (bicyclic) bond motifs is 1. The first-order valence-electron chi connectivity index (χ1n) is 6.95. The summed E-state index contributed by atoms with van der Waals surface area (Å²) in [5.74, 6) is -0.891. The molecule has 0 saturated heterocycles. The van der Waals surface area contributed by atoms with E-state index in [1.165, 1.54) is 29.2 Å². The molecule has 1 heterocycles. The minimum atomic E-state index is -0.715. The van der Waals surface area contributed by atoms with E-state index in [0.29, 0.717) is 11.3 Å². The molecule has 0 radical (unpaired) electrons. The van der Waals surface area contributed by atoms with Crippen molar-refractivity contribution in [1.82, 2.24) is 0 Å². The molecule has 0 aliphatic carbocycles. The molecule has 1 aliphatic rings. The smallest absolute Gasteiger partial charge is 0.259 e. The Balaban J connectivity index is 2.09. The van der Waals surface area contributed by atoms with Gasteiger partial charge in [-0.15, -0.1) is 0 Å². The van der Waals surface area contributed by atoms with Crippen molar-refractivity contribution in [1.29, 1.82) is 0 Å². The van der Waals surface area contributed by atoms with Crippen LogP contribution < -0.4 is 10.6 Å². The Morgan fingerprint density at radius 3 is 2.57 bits per heavy atom. The lowest BCUT2D eigenvalue weighted by Gasteiger charge is -2.33. The first-order chi connectivity index (χ1) is 11.1. The molecule has 5 nitrogen and oxygen atoms in total. The molecule has 0 aromatic heterocycles. The van der Waals surface area contributed by atoms with E-state index in [0.717, 1.165) is 5.56 Å². The fourth-order valence-corrected chi connectivity index (χ4v) is 2.54. The van der Waals surface area contributed by atoms with Crippen molar-refractivity contribution in [2.75, 3.05) is 4.90 Å². The van der Waals surface area contributed by atoms with Gasteiger partial charge >= 0.3 is 0 Å². The normalized spacial score (nSPS) is 17.0. The van der Waals surface area contributed by atoms with Crippen molar-refractivity contribution in [3.05, 3.63) is 71.6 Å². The Morgan fingerprint density at radius 1 is 1.17 bits per heavy atom. The number of nitrogens with zero attached hydrogens (tertiary/aromatic N) is 2. The first-order valence-corrected chi connectivity index (χ1v) is 6.95. The largest absolute Gasteiger partial charge is 0.409 e. The summed E-state index contributed by atoms with van der Waals surface area (Å²) in [5.41, 5.74) is 7.52. The van der Waals surface area contributed by atoms with Crippen LogP contribution in [0.25, 0.3) is 6.08 Å². The maximum absolute atomic E-state index is 13.1. The zero-order valence-corrected chi connectivity index (χ0v) is 12.1. The second-order valence-electron chi connectivity index (χ2n) is 5.07. The molecular weight excluding hydrogens is 297 g/mol. The molecule has 2 aromatic rings. The van der Waals surface area contributed by atoms with Crippen molar-refractivity contribution in [2.45, 2.75) is 6.04 Å². The van der Waals surface area contributed by atoms with Crippen LogP contribution in [0.3, 0.4) is 0 Å². The molecule has 1 amide bonds. The monoisotopic (exact) mass is 311 g/mol. The molecule has 1 unspecified atom stereocenters. The second kappa shape index (κ2) is 5.92. The summed E-state index contributed by atoms with van der Waals surface area (Å²) >= 11 is 0. The van der Waals surface area contributed by atoms with Gasteiger partial charge in [0, 0.05) is 5.56 Å². The lowest BCUT2D eigenvalue weighted by atomic mass is 10.0. The molecule has 6 heteroatoms. The van der Waals surface area contributed by atoms with Crippen LogP contribution in [-0.2, 0) is 0 Å². The number of benzene rings is 2. The molecular formula is C17H14FN3O2. The van der Waals surface area contributed by atoms with Crippen LogP contribution in [-0.4, -0.2) is 23.0 Å². The number of anilines is 1. The van der Waals surface area contributed by atoms with Crippen LogP contribution in [0.2, 0.25) is 0 Å². The Bertz CT molecular complexity index is 800. The zero-order valence-electron chi connectivity index (χ0n) is 12.1. The average Bonchev–Trinajstić information content (AvgIpc) is 2.60. The molecule has 3 rings (SSSR count). The average molecular weight is 311 g/mol. The van der Waals surface area contributed by atoms with Crippen LogP contribution in [0.15, 0.2) is 59.8 Å². The standard InChI is InChI=1S/C17H14FN3O2/c18-13-8-5-12(6-9-13)17(22)21-14-4-2-1-3-11(14)7-10-15(21)16(19)20-23/h1-10,15,23H,(H2,19,20). The van der Waals surface area contributed by atoms with Gasteiger partial charge in [0.05, 0.1) is 5.69 Å². The van der Waals surface area contributed by atoms with Crippen molar-refractivity contribution < 1.29 is 14.4 Å². The molecule has 0 bridgehead atoms. The topological polar surface area (TPSA) is 78.9 Å². The number of carbonyl (C=O) groups excluding carboxylic acids is 1. The number of carbonyl (C=O) groups is 1. The predicted molar refractivity (Wildman–Crippen MR) is 85.9 cm³/mol. The maximum Gasteiger partial charge on any atom is 0.259 e. The highest BCUT2D eigenvalue weighted by atomic mass is 19.1. The van der Waals surface area contributed by atoms with Gasteiger partial charge in [0.15, 0.2) is 5.84 Å². The summed E-state index contributed by atoms with van der Waals surface area (Å²) in [6.07, 6.45) is 3.49. The number of para-hydroxylation sites is 1. The first kappa shape index (κ1) is 14.8. The van der Waals surface area contributed by atoms with Crippen molar-refractivity contribution in [3.8, 4) is 0 Å². The molecule has 0 saturated carbocycles. The van der Waals surface area contributed by atoms with Gasteiger partial charge in [-0.05, 0) is 35.9 Å². The van der Waals surface area contributed by atoms with E-state index >= 15 is 0 Å². The number of amides is 1. The number of nitrogens with two attached hydrogens (primary N) is 1. The highest BCUT2D eigenvalue weighted by Crippen LogP contribution is 2.30. The van der Waals surface area contributed by atoms with Crippen LogP contribution >= 0.6 is 0 Å². The van der Waals surface area contributed by atoms with Gasteiger partial charge in [0.1, 0.15) is 11.9 Å². The van der Waals surface area contributed by atoms with E-state index in [2.05, 4.69) is 5.16 Å². The van der Waals surface area contributed by atoms with Crippen molar-refractivity contribution in [3.63, 3.8) is 0 Å². The van der Waals surface area contributed by atoms with Crippen LogP contribution in [0, 0.1) is 5.82 Å². The summed E-state index contributed by atoms with van der Waals surface area (Å²) in [5, 5.41) is 12.0. The van der Waals surface area contributed by atoms with Gasteiger partial charge in [-0.2, -0.15) is 0 Å². The molecule has 0 fully saturated rings. The van der Waals surface area contributed by atoms with Crippen molar-refractivity contribution in [2.24, 2.45) is 10.9 Å². The van der Waals surface area contributed by atoms with Gasteiger partial charge in [0.25, 0.3) is 5.91 Å². The van der Waals surface area contributed by atoms with Crippen molar-refractivity contribution >= 4 is 23.5 Å². The minimum Gasteiger partial charge on any atom is -0.409 e. The molecule has 2 aromatic carbocycles. The lowest BCUT2D eigenvalue weighted by Crippen LogP contribution is -2.48. The van der Waals surface area contributed by atoms with Crippen LogP contribution in [0.4, 0.5) is 10.1 Å². The Kier molecular flexibility index (Phi) is 3.80. The Morgan fingerprint density at radius 2 is 1.87 bits per heavy atom. The zero-order chi connectivity index (χ0) is 16.4. The second-order valence-corrected chi connectivity index (χ2v) is 5.07. The van der Waals surface area contributed by atoms with Gasteiger partial charge < -0.3 is 10.9 Å². The van der Waals surface area contributed by atoms with Gasteiger partial charge in [-0.3, -0.25) is 9.69 Å². The van der Waals surface area contributed by atoms with Gasteiger partial charge in [0.2, 0.25) is 0 Å². The highest BCUT2D eigenvalue weighted by molar-refractivity contribution is 6.13. The molecule has 1 aliphatic heterocycles. The van der Waals surface area contributed by atoms with Gasteiger partial charge in [-0.25, -0.2) is 4.39 Å². The lowest BCUT2D eigenvalue weighted by molar-refractivity contribution is 0.0985. The van der Waals surface area contributed by atoms with E-state index < -0.39 is 11.9 Å². The van der Waals surface area contributed by atoms with E-state index in [4.69, 9.17) is 10.9 Å². The number of amidine groups is 1. The SMILES string of the molecule is N/C(=N\O)C1C=Cc2ccccc2N1C(=O)c1ccc(F)cc1. The number of hydrogen-bond donors (Lipinski definition) is 2. The summed E-state index contributed by atoms with van der Waals surface area (Å²) in [6.45, 7) is 0. The van der Waals surface area contributed by atoms with E-state index in [-0.39, 0.29) is 11.7 Å². The number of hydrogen-bond acceptors (Lipinski definition) is 3. The third-order valence-corrected chi connectivity index (χ3v) is 3.66. The van der Waals surface area contributed by atoms with E-state index in [1.807, 2.05) is 18.2 Å². The molecule has 1 atom stereocenters. The fourth-order valence-electron chi connectivity index (χ4n) is 2.54. The molecule has 0 spiro atoms. The van der Waals surface area contributed by atoms with Crippen LogP contribution in [0.5, 0.6) is 0 Å². The third kappa shape index (κ3) is 2.66. The summed E-state index contributed by atoms with van der Waals surface area (Å²) in [6, 6.07) is 11.8. The maximum atomic E-state index is 13.1. The predicted octanol–water partition coefficient (Wildman–Crippen LogP) is 2.61. The third-order valence-electron chi connectivity index (χ3n) is 3.66. The molecule has 116 valence electrons.